The Hall–Kier alpha value is -1.15. The van der Waals surface area contributed by atoms with E-state index in [0.717, 1.165) is 35.8 Å². The van der Waals surface area contributed by atoms with Gasteiger partial charge in [0.15, 0.2) is 0 Å². The molecule has 1 aromatic rings. The number of anilines is 1. The van der Waals surface area contributed by atoms with Crippen LogP contribution in [0.5, 0.6) is 5.75 Å². The molecule has 0 fully saturated rings. The van der Waals surface area contributed by atoms with Crippen molar-refractivity contribution in [1.29, 1.82) is 0 Å². The molecule has 0 heterocycles. The van der Waals surface area contributed by atoms with Crippen molar-refractivity contribution in [3.05, 3.63) is 35.9 Å². The van der Waals surface area contributed by atoms with Crippen LogP contribution in [0.25, 0.3) is 0 Å². The summed E-state index contributed by atoms with van der Waals surface area (Å²) in [5, 5.41) is 4.07. The van der Waals surface area contributed by atoms with Gasteiger partial charge in [0.25, 0.3) is 0 Å². The van der Waals surface area contributed by atoms with E-state index in [1.807, 2.05) is 24.3 Å². The number of unbranched alkanes of at least 4 members (excludes halogenated alkanes) is 3. The Morgan fingerprint density at radius 3 is 2.88 bits per heavy atom. The Bertz CT molecular complexity index is 352. The molecule has 1 aromatic carbocycles. The van der Waals surface area contributed by atoms with Gasteiger partial charge in [-0.3, -0.25) is 0 Å². The third-order valence-electron chi connectivity index (χ3n) is 2.56. The van der Waals surface area contributed by atoms with Gasteiger partial charge < -0.3 is 10.1 Å². The summed E-state index contributed by atoms with van der Waals surface area (Å²) in [4.78, 5) is 0. The maximum atomic E-state index is 5.95. The van der Waals surface area contributed by atoms with Crippen LogP contribution in [0.1, 0.15) is 25.7 Å². The molecule has 0 saturated heterocycles. The van der Waals surface area contributed by atoms with Gasteiger partial charge in [-0.1, -0.05) is 24.1 Å². The lowest BCUT2D eigenvalue weighted by Gasteiger charge is -2.11. The predicted octanol–water partition coefficient (Wildman–Crippen LogP) is 4.51. The fourth-order valence-corrected chi connectivity index (χ4v) is 1.80. The molecule has 0 aromatic heterocycles. The van der Waals surface area contributed by atoms with E-state index in [2.05, 4.69) is 11.9 Å². The maximum Gasteiger partial charge on any atom is 0.142 e. The van der Waals surface area contributed by atoms with E-state index in [0.29, 0.717) is 0 Å². The van der Waals surface area contributed by atoms with Crippen LogP contribution in [-0.2, 0) is 0 Å². The Labute approximate surface area is 109 Å². The third-order valence-corrected chi connectivity index (χ3v) is 2.80. The van der Waals surface area contributed by atoms with Crippen molar-refractivity contribution < 1.29 is 4.74 Å². The average molecular weight is 254 g/mol. The second-order valence-electron chi connectivity index (χ2n) is 3.91. The zero-order valence-electron chi connectivity index (χ0n) is 10.3. The van der Waals surface area contributed by atoms with Gasteiger partial charge in [-0.05, 0) is 37.5 Å². The molecule has 0 bridgehead atoms. The molecule has 0 aliphatic rings. The van der Waals surface area contributed by atoms with Crippen LogP contribution in [-0.4, -0.2) is 13.7 Å². The van der Waals surface area contributed by atoms with E-state index in [9.17, 15) is 0 Å². The highest BCUT2D eigenvalue weighted by Crippen LogP contribution is 2.27. The molecule has 0 unspecified atom stereocenters. The molecule has 3 heteroatoms. The lowest BCUT2D eigenvalue weighted by atomic mass is 10.2. The summed E-state index contributed by atoms with van der Waals surface area (Å²) in [6, 6.07) is 5.60. The average Bonchev–Trinajstić information content (AvgIpc) is 2.34. The number of halogens is 1. The second kappa shape index (κ2) is 8.02. The first-order valence-corrected chi connectivity index (χ1v) is 6.34. The third kappa shape index (κ3) is 5.14. The molecule has 0 saturated carbocycles. The molecule has 0 aliphatic carbocycles. The highest BCUT2D eigenvalue weighted by molar-refractivity contribution is 6.30. The number of methoxy groups -OCH3 is 1. The Morgan fingerprint density at radius 2 is 2.18 bits per heavy atom. The monoisotopic (exact) mass is 253 g/mol. The topological polar surface area (TPSA) is 21.3 Å². The number of rotatable bonds is 8. The molecule has 94 valence electrons. The van der Waals surface area contributed by atoms with E-state index in [-0.39, 0.29) is 0 Å². The normalized spacial score (nSPS) is 10.0. The quantitative estimate of drug-likeness (QED) is 0.544. The van der Waals surface area contributed by atoms with Crippen molar-refractivity contribution in [2.24, 2.45) is 0 Å². The lowest BCUT2D eigenvalue weighted by molar-refractivity contribution is 0.416. The van der Waals surface area contributed by atoms with Crippen LogP contribution >= 0.6 is 11.6 Å². The number of ether oxygens (including phenoxy) is 1. The Kier molecular flexibility index (Phi) is 6.56. The van der Waals surface area contributed by atoms with Gasteiger partial charge in [0.05, 0.1) is 12.8 Å². The van der Waals surface area contributed by atoms with E-state index < -0.39 is 0 Å². The van der Waals surface area contributed by atoms with Gasteiger partial charge in [-0.15, -0.1) is 6.58 Å². The molecule has 0 amide bonds. The highest BCUT2D eigenvalue weighted by atomic mass is 35.5. The summed E-state index contributed by atoms with van der Waals surface area (Å²) in [6.07, 6.45) is 6.62. The van der Waals surface area contributed by atoms with Crippen molar-refractivity contribution in [1.82, 2.24) is 0 Å². The first kappa shape index (κ1) is 13.9. The minimum absolute atomic E-state index is 0.722. The van der Waals surface area contributed by atoms with Crippen LogP contribution in [0.3, 0.4) is 0 Å². The number of hydrogen-bond acceptors (Lipinski definition) is 2. The predicted molar refractivity (Wildman–Crippen MR) is 75.2 cm³/mol. The van der Waals surface area contributed by atoms with Crippen LogP contribution in [0.2, 0.25) is 5.02 Å². The summed E-state index contributed by atoms with van der Waals surface area (Å²) >= 11 is 5.95. The van der Waals surface area contributed by atoms with Crippen molar-refractivity contribution in [3.63, 3.8) is 0 Å². The molecule has 0 atom stereocenters. The van der Waals surface area contributed by atoms with Crippen molar-refractivity contribution in [2.45, 2.75) is 25.7 Å². The first-order chi connectivity index (χ1) is 8.27. The Balaban J connectivity index is 2.35. The van der Waals surface area contributed by atoms with Crippen LogP contribution in [0.4, 0.5) is 5.69 Å². The van der Waals surface area contributed by atoms with E-state index in [1.54, 1.807) is 7.11 Å². The Morgan fingerprint density at radius 1 is 1.35 bits per heavy atom. The molecule has 0 aliphatic heterocycles. The summed E-state index contributed by atoms with van der Waals surface area (Å²) in [7, 11) is 1.67. The number of benzene rings is 1. The zero-order chi connectivity index (χ0) is 12.5. The smallest absolute Gasteiger partial charge is 0.142 e. The number of nitrogens with one attached hydrogen (secondary N) is 1. The molecule has 1 N–H and O–H groups in total. The molecule has 0 spiro atoms. The summed E-state index contributed by atoms with van der Waals surface area (Å²) < 4.78 is 5.26. The molecular weight excluding hydrogens is 234 g/mol. The molecular formula is C14H20ClNO. The largest absolute Gasteiger partial charge is 0.495 e. The SMILES string of the molecule is C=CCCCCCNc1cc(Cl)ccc1OC. The van der Waals surface area contributed by atoms with E-state index in [4.69, 9.17) is 16.3 Å². The fraction of sp³-hybridized carbons (Fsp3) is 0.429. The fourth-order valence-electron chi connectivity index (χ4n) is 1.63. The highest BCUT2D eigenvalue weighted by Gasteiger charge is 2.02. The maximum absolute atomic E-state index is 5.95. The van der Waals surface area contributed by atoms with Gasteiger partial charge in [0.2, 0.25) is 0 Å². The summed E-state index contributed by atoms with van der Waals surface area (Å²) in [5.74, 6) is 0.834. The standard InChI is InChI=1S/C14H20ClNO/c1-3-4-5-6-7-10-16-13-11-12(15)8-9-14(13)17-2/h3,8-9,11,16H,1,4-7,10H2,2H3. The van der Waals surface area contributed by atoms with Crippen LogP contribution in [0.15, 0.2) is 30.9 Å². The molecule has 0 radical (unpaired) electrons. The van der Waals surface area contributed by atoms with Crippen molar-refractivity contribution >= 4 is 17.3 Å². The molecule has 2 nitrogen and oxygen atoms in total. The zero-order valence-corrected chi connectivity index (χ0v) is 11.1. The summed E-state index contributed by atoms with van der Waals surface area (Å²) in [6.45, 7) is 4.65. The van der Waals surface area contributed by atoms with Gasteiger partial charge in [-0.2, -0.15) is 0 Å². The van der Waals surface area contributed by atoms with Gasteiger partial charge in [0, 0.05) is 11.6 Å². The number of allylic oxidation sites excluding steroid dienone is 1. The minimum atomic E-state index is 0.722. The lowest BCUT2D eigenvalue weighted by Crippen LogP contribution is -2.03. The van der Waals surface area contributed by atoms with Crippen LogP contribution in [0, 0.1) is 0 Å². The van der Waals surface area contributed by atoms with Gasteiger partial charge in [-0.25, -0.2) is 0 Å². The minimum Gasteiger partial charge on any atom is -0.495 e. The van der Waals surface area contributed by atoms with Gasteiger partial charge in [0.1, 0.15) is 5.75 Å². The number of hydrogen-bond donors (Lipinski definition) is 1. The van der Waals surface area contributed by atoms with E-state index in [1.165, 1.54) is 12.8 Å². The van der Waals surface area contributed by atoms with Gasteiger partial charge >= 0.3 is 0 Å². The second-order valence-corrected chi connectivity index (χ2v) is 4.35. The van der Waals surface area contributed by atoms with Crippen molar-refractivity contribution in [2.75, 3.05) is 19.0 Å². The summed E-state index contributed by atoms with van der Waals surface area (Å²) in [5.41, 5.74) is 0.962. The molecule has 1 rings (SSSR count). The van der Waals surface area contributed by atoms with Crippen LogP contribution < -0.4 is 10.1 Å². The first-order valence-electron chi connectivity index (χ1n) is 5.96. The van der Waals surface area contributed by atoms with E-state index >= 15 is 0 Å². The van der Waals surface area contributed by atoms with Crippen molar-refractivity contribution in [3.8, 4) is 5.75 Å². The molecule has 17 heavy (non-hydrogen) atoms.